The number of nitriles is 2. The Labute approximate surface area is 89.5 Å². The Morgan fingerprint density at radius 2 is 1.93 bits per heavy atom. The number of nitrogens with zero attached hydrogens (tertiary/aromatic N) is 2. The van der Waals surface area contributed by atoms with Gasteiger partial charge in [-0.25, -0.2) is 0 Å². The van der Waals surface area contributed by atoms with Gasteiger partial charge in [0.25, 0.3) is 0 Å². The third-order valence-corrected chi connectivity index (χ3v) is 1.96. The van der Waals surface area contributed by atoms with Crippen molar-refractivity contribution in [1.29, 1.82) is 10.5 Å². The molecule has 1 aromatic carbocycles. The summed E-state index contributed by atoms with van der Waals surface area (Å²) in [5.41, 5.74) is 0.618. The van der Waals surface area contributed by atoms with Crippen molar-refractivity contribution in [3.63, 3.8) is 0 Å². The van der Waals surface area contributed by atoms with Gasteiger partial charge < -0.3 is 4.74 Å². The molecule has 3 nitrogen and oxygen atoms in total. The van der Waals surface area contributed by atoms with Crippen molar-refractivity contribution in [2.45, 2.75) is 13.3 Å². The van der Waals surface area contributed by atoms with Crippen LogP contribution in [0.2, 0.25) is 0 Å². The Kier molecular flexibility index (Phi) is 4.19. The van der Waals surface area contributed by atoms with E-state index in [4.69, 9.17) is 15.3 Å². The van der Waals surface area contributed by atoms with Gasteiger partial charge in [0.05, 0.1) is 24.3 Å². The molecule has 0 saturated carbocycles. The van der Waals surface area contributed by atoms with Gasteiger partial charge >= 0.3 is 0 Å². The van der Waals surface area contributed by atoms with E-state index in [1.54, 1.807) is 24.3 Å². The molecule has 15 heavy (non-hydrogen) atoms. The average molecular weight is 200 g/mol. The van der Waals surface area contributed by atoms with Gasteiger partial charge in [0, 0.05) is 12.3 Å². The van der Waals surface area contributed by atoms with E-state index in [0.29, 0.717) is 18.6 Å². The van der Waals surface area contributed by atoms with Gasteiger partial charge in [-0.1, -0.05) is 6.92 Å². The van der Waals surface area contributed by atoms with Crippen molar-refractivity contribution in [2.24, 2.45) is 5.92 Å². The number of benzene rings is 1. The second-order valence-corrected chi connectivity index (χ2v) is 3.41. The maximum absolute atomic E-state index is 8.59. The molecule has 0 radical (unpaired) electrons. The predicted octanol–water partition coefficient (Wildman–Crippen LogP) is 2.49. The van der Waals surface area contributed by atoms with Crippen LogP contribution in [-0.2, 0) is 0 Å². The van der Waals surface area contributed by atoms with Crippen molar-refractivity contribution in [3.05, 3.63) is 29.8 Å². The SMILES string of the molecule is CC(CC#N)COc1ccc(C#N)cc1. The topological polar surface area (TPSA) is 56.8 Å². The Balaban J connectivity index is 2.45. The number of hydrogen-bond acceptors (Lipinski definition) is 3. The lowest BCUT2D eigenvalue weighted by atomic mass is 10.1. The molecule has 0 amide bonds. The van der Waals surface area contributed by atoms with Crippen LogP contribution < -0.4 is 4.74 Å². The fraction of sp³-hybridized carbons (Fsp3) is 0.333. The molecule has 3 heteroatoms. The number of ether oxygens (including phenoxy) is 1. The molecular formula is C12H12N2O. The van der Waals surface area contributed by atoms with E-state index in [9.17, 15) is 0 Å². The quantitative estimate of drug-likeness (QED) is 0.750. The third-order valence-electron chi connectivity index (χ3n) is 1.96. The van der Waals surface area contributed by atoms with E-state index >= 15 is 0 Å². The Bertz CT molecular complexity index is 384. The molecule has 76 valence electrons. The highest BCUT2D eigenvalue weighted by molar-refractivity contribution is 5.34. The van der Waals surface area contributed by atoms with Crippen LogP contribution in [0.5, 0.6) is 5.75 Å². The van der Waals surface area contributed by atoms with Crippen molar-refractivity contribution in [3.8, 4) is 17.9 Å². The maximum atomic E-state index is 8.59. The Hall–Kier alpha value is -2.00. The highest BCUT2D eigenvalue weighted by Gasteiger charge is 2.02. The second kappa shape index (κ2) is 5.67. The molecule has 0 aromatic heterocycles. The van der Waals surface area contributed by atoms with Crippen LogP contribution in [0.3, 0.4) is 0 Å². The Morgan fingerprint density at radius 3 is 2.47 bits per heavy atom. The van der Waals surface area contributed by atoms with Crippen molar-refractivity contribution < 1.29 is 4.74 Å². The molecule has 1 unspecified atom stereocenters. The van der Waals surface area contributed by atoms with Crippen LogP contribution in [0.1, 0.15) is 18.9 Å². The molecule has 0 aliphatic heterocycles. The van der Waals surface area contributed by atoms with E-state index < -0.39 is 0 Å². The lowest BCUT2D eigenvalue weighted by Crippen LogP contribution is -2.07. The maximum Gasteiger partial charge on any atom is 0.119 e. The van der Waals surface area contributed by atoms with Gasteiger partial charge in [-0.3, -0.25) is 0 Å². The van der Waals surface area contributed by atoms with Crippen LogP contribution in [-0.4, -0.2) is 6.61 Å². The minimum atomic E-state index is 0.227. The van der Waals surface area contributed by atoms with Gasteiger partial charge in [-0.05, 0) is 24.3 Å². The summed E-state index contributed by atoms with van der Waals surface area (Å²) in [6.45, 7) is 2.49. The standard InChI is InChI=1S/C12H12N2O/c1-10(6-7-13)9-15-12-4-2-11(8-14)3-5-12/h2-5,10H,6,9H2,1H3. The predicted molar refractivity (Wildman–Crippen MR) is 56.0 cm³/mol. The summed E-state index contributed by atoms with van der Waals surface area (Å²) >= 11 is 0. The van der Waals surface area contributed by atoms with Gasteiger partial charge in [0.1, 0.15) is 5.75 Å². The van der Waals surface area contributed by atoms with E-state index in [1.165, 1.54) is 0 Å². The van der Waals surface area contributed by atoms with Gasteiger partial charge in [0.15, 0.2) is 0 Å². The molecule has 0 aliphatic rings. The molecule has 0 spiro atoms. The Morgan fingerprint density at radius 1 is 1.27 bits per heavy atom. The smallest absolute Gasteiger partial charge is 0.119 e. The highest BCUT2D eigenvalue weighted by atomic mass is 16.5. The van der Waals surface area contributed by atoms with Crippen LogP contribution >= 0.6 is 0 Å². The first-order valence-electron chi connectivity index (χ1n) is 4.76. The molecule has 0 heterocycles. The van der Waals surface area contributed by atoms with Crippen LogP contribution in [0.15, 0.2) is 24.3 Å². The molecule has 0 saturated heterocycles. The lowest BCUT2D eigenvalue weighted by molar-refractivity contribution is 0.262. The zero-order valence-electron chi connectivity index (χ0n) is 8.60. The molecule has 0 bridgehead atoms. The fourth-order valence-corrected chi connectivity index (χ4v) is 1.08. The molecule has 1 aromatic rings. The largest absolute Gasteiger partial charge is 0.493 e. The zero-order chi connectivity index (χ0) is 11.1. The summed E-state index contributed by atoms with van der Waals surface area (Å²) in [4.78, 5) is 0. The van der Waals surface area contributed by atoms with Crippen molar-refractivity contribution in [1.82, 2.24) is 0 Å². The average Bonchev–Trinajstić information content (AvgIpc) is 2.27. The van der Waals surface area contributed by atoms with E-state index in [0.717, 1.165) is 5.75 Å². The summed E-state index contributed by atoms with van der Waals surface area (Å²) in [6, 6.07) is 11.1. The van der Waals surface area contributed by atoms with Crippen LogP contribution in [0.25, 0.3) is 0 Å². The highest BCUT2D eigenvalue weighted by Crippen LogP contribution is 2.13. The van der Waals surface area contributed by atoms with Crippen LogP contribution in [0, 0.1) is 28.6 Å². The molecule has 1 atom stereocenters. The van der Waals surface area contributed by atoms with Gasteiger partial charge in [-0.2, -0.15) is 10.5 Å². The fourth-order valence-electron chi connectivity index (χ4n) is 1.08. The number of hydrogen-bond donors (Lipinski definition) is 0. The molecule has 0 aliphatic carbocycles. The van der Waals surface area contributed by atoms with Crippen molar-refractivity contribution in [2.75, 3.05) is 6.61 Å². The molecular weight excluding hydrogens is 188 g/mol. The molecule has 1 rings (SSSR count). The van der Waals surface area contributed by atoms with E-state index in [1.807, 2.05) is 13.0 Å². The van der Waals surface area contributed by atoms with Crippen molar-refractivity contribution >= 4 is 0 Å². The first-order chi connectivity index (χ1) is 7.26. The monoisotopic (exact) mass is 200 g/mol. The minimum absolute atomic E-state index is 0.227. The third kappa shape index (κ3) is 3.70. The molecule has 0 N–H and O–H groups in total. The van der Waals surface area contributed by atoms with Gasteiger partial charge in [-0.15, -0.1) is 0 Å². The van der Waals surface area contributed by atoms with E-state index in [-0.39, 0.29) is 5.92 Å². The molecule has 0 fully saturated rings. The second-order valence-electron chi connectivity index (χ2n) is 3.41. The summed E-state index contributed by atoms with van der Waals surface area (Å²) < 4.78 is 5.46. The zero-order valence-corrected chi connectivity index (χ0v) is 8.60. The van der Waals surface area contributed by atoms with Crippen LogP contribution in [0.4, 0.5) is 0 Å². The summed E-state index contributed by atoms with van der Waals surface area (Å²) in [7, 11) is 0. The first kappa shape index (κ1) is 11.1. The van der Waals surface area contributed by atoms with Gasteiger partial charge in [0.2, 0.25) is 0 Å². The minimum Gasteiger partial charge on any atom is -0.493 e. The summed E-state index contributed by atoms with van der Waals surface area (Å²) in [5.74, 6) is 0.962. The summed E-state index contributed by atoms with van der Waals surface area (Å²) in [6.07, 6.45) is 0.496. The first-order valence-corrected chi connectivity index (χ1v) is 4.76. The lowest BCUT2D eigenvalue weighted by Gasteiger charge is -2.09. The van der Waals surface area contributed by atoms with E-state index in [2.05, 4.69) is 6.07 Å². The number of rotatable bonds is 4. The summed E-state index contributed by atoms with van der Waals surface area (Å²) in [5, 5.41) is 17.1. The normalized spacial score (nSPS) is 11.1.